The van der Waals surface area contributed by atoms with Gasteiger partial charge in [-0.1, -0.05) is 6.92 Å². The topological polar surface area (TPSA) is 12.0 Å². The maximum absolute atomic E-state index is 3.48. The largest absolute Gasteiger partial charge is 0.312 e. The van der Waals surface area contributed by atoms with Crippen molar-refractivity contribution in [2.24, 2.45) is 5.92 Å². The second kappa shape index (κ2) is 3.19. The Balaban J connectivity index is 2.33. The van der Waals surface area contributed by atoms with Gasteiger partial charge in [0, 0.05) is 11.4 Å². The summed E-state index contributed by atoms with van der Waals surface area (Å²) >= 11 is 1.90. The third-order valence-electron chi connectivity index (χ3n) is 2.52. The zero-order valence-corrected chi connectivity index (χ0v) is 8.50. The molecule has 1 atom stereocenters. The van der Waals surface area contributed by atoms with Gasteiger partial charge in [0.15, 0.2) is 0 Å². The van der Waals surface area contributed by atoms with Gasteiger partial charge in [0.05, 0.1) is 0 Å². The lowest BCUT2D eigenvalue weighted by atomic mass is 10.0. The Morgan fingerprint density at radius 3 is 3.25 bits per heavy atom. The van der Waals surface area contributed by atoms with Crippen LogP contribution in [-0.2, 0) is 13.0 Å². The number of fused-ring (bicyclic) bond motifs is 1. The Morgan fingerprint density at radius 1 is 1.58 bits per heavy atom. The Morgan fingerprint density at radius 2 is 2.42 bits per heavy atom. The first-order chi connectivity index (χ1) is 5.77. The molecule has 1 aromatic heterocycles. The fraction of sp³-hybridized carbons (Fsp3) is 0.600. The molecule has 1 nitrogen and oxygen atoms in total. The van der Waals surface area contributed by atoms with E-state index in [2.05, 4.69) is 24.5 Å². The van der Waals surface area contributed by atoms with Gasteiger partial charge >= 0.3 is 0 Å². The van der Waals surface area contributed by atoms with Gasteiger partial charge in [0.1, 0.15) is 0 Å². The predicted octanol–water partition coefficient (Wildman–Crippen LogP) is 2.34. The van der Waals surface area contributed by atoms with Crippen LogP contribution in [0.1, 0.15) is 22.9 Å². The molecule has 2 rings (SSSR count). The molecule has 0 amide bonds. The molecule has 1 aromatic rings. The van der Waals surface area contributed by atoms with Crippen LogP contribution in [0.3, 0.4) is 0 Å². The molecule has 0 radical (unpaired) electrons. The summed E-state index contributed by atoms with van der Waals surface area (Å²) in [4.78, 5) is 1.55. The molecule has 1 unspecified atom stereocenters. The van der Waals surface area contributed by atoms with Crippen LogP contribution in [0.2, 0.25) is 0 Å². The van der Waals surface area contributed by atoms with Crippen molar-refractivity contribution in [2.45, 2.75) is 26.8 Å². The maximum atomic E-state index is 3.48. The minimum absolute atomic E-state index is 0.791. The average Bonchev–Trinajstić information content (AvgIpc) is 2.31. The highest BCUT2D eigenvalue weighted by Gasteiger charge is 2.15. The number of rotatable bonds is 0. The van der Waals surface area contributed by atoms with Gasteiger partial charge in [0.25, 0.3) is 0 Å². The number of nitrogens with one attached hydrogen (secondary N) is 1. The third-order valence-corrected chi connectivity index (χ3v) is 3.67. The van der Waals surface area contributed by atoms with Crippen LogP contribution in [0.25, 0.3) is 0 Å². The quantitative estimate of drug-likeness (QED) is 0.648. The summed E-state index contributed by atoms with van der Waals surface area (Å²) in [7, 11) is 0. The monoisotopic (exact) mass is 181 g/mol. The number of hydrogen-bond donors (Lipinski definition) is 1. The van der Waals surface area contributed by atoms with Crippen LogP contribution in [-0.4, -0.2) is 6.54 Å². The fourth-order valence-corrected chi connectivity index (χ4v) is 2.83. The fourth-order valence-electron chi connectivity index (χ4n) is 1.80. The van der Waals surface area contributed by atoms with Gasteiger partial charge in [-0.15, -0.1) is 11.3 Å². The van der Waals surface area contributed by atoms with Crippen LogP contribution < -0.4 is 5.32 Å². The molecule has 0 saturated carbocycles. The Hall–Kier alpha value is -0.340. The molecule has 66 valence electrons. The summed E-state index contributed by atoms with van der Waals surface area (Å²) in [6.07, 6.45) is 1.26. The Kier molecular flexibility index (Phi) is 2.20. The highest BCUT2D eigenvalue weighted by Crippen LogP contribution is 2.26. The van der Waals surface area contributed by atoms with Crippen molar-refractivity contribution in [1.82, 2.24) is 5.32 Å². The standard InChI is InChI=1S/C10H15NS/c1-7-3-9-8(2)6-12-10(9)5-11-4-7/h6-7,11H,3-5H2,1-2H3. The minimum Gasteiger partial charge on any atom is -0.312 e. The number of thiophene rings is 1. The van der Waals surface area contributed by atoms with Crippen molar-refractivity contribution in [3.8, 4) is 0 Å². The Labute approximate surface area is 77.8 Å². The van der Waals surface area contributed by atoms with Crippen LogP contribution in [0, 0.1) is 12.8 Å². The summed E-state index contributed by atoms with van der Waals surface area (Å²) in [5, 5.41) is 5.76. The molecule has 0 bridgehead atoms. The second-order valence-electron chi connectivity index (χ2n) is 3.76. The van der Waals surface area contributed by atoms with Crippen LogP contribution >= 0.6 is 11.3 Å². The first-order valence-electron chi connectivity index (χ1n) is 4.54. The average molecular weight is 181 g/mol. The molecule has 0 fully saturated rings. The van der Waals surface area contributed by atoms with E-state index in [0.29, 0.717) is 0 Å². The highest BCUT2D eigenvalue weighted by atomic mass is 32.1. The summed E-state index contributed by atoms with van der Waals surface area (Å²) in [5.74, 6) is 0.791. The van der Waals surface area contributed by atoms with E-state index in [4.69, 9.17) is 0 Å². The lowest BCUT2D eigenvalue weighted by Gasteiger charge is -2.06. The zero-order valence-electron chi connectivity index (χ0n) is 7.68. The van der Waals surface area contributed by atoms with Crippen molar-refractivity contribution in [2.75, 3.05) is 6.54 Å². The van der Waals surface area contributed by atoms with E-state index in [9.17, 15) is 0 Å². The van der Waals surface area contributed by atoms with E-state index < -0.39 is 0 Å². The summed E-state index contributed by atoms with van der Waals surface area (Å²) in [6.45, 7) is 6.80. The molecular weight excluding hydrogens is 166 g/mol. The van der Waals surface area contributed by atoms with Gasteiger partial charge in [-0.05, 0) is 42.3 Å². The molecule has 12 heavy (non-hydrogen) atoms. The van der Waals surface area contributed by atoms with Crippen LogP contribution in [0.5, 0.6) is 0 Å². The van der Waals surface area contributed by atoms with E-state index in [1.165, 1.54) is 18.5 Å². The highest BCUT2D eigenvalue weighted by molar-refractivity contribution is 7.10. The van der Waals surface area contributed by atoms with Gasteiger partial charge in [-0.2, -0.15) is 0 Å². The normalized spacial score (nSPS) is 23.3. The lowest BCUT2D eigenvalue weighted by molar-refractivity contribution is 0.533. The smallest absolute Gasteiger partial charge is 0.0302 e. The molecule has 1 aliphatic heterocycles. The Bertz CT molecular complexity index is 277. The number of hydrogen-bond acceptors (Lipinski definition) is 2. The predicted molar refractivity (Wildman–Crippen MR) is 53.6 cm³/mol. The second-order valence-corrected chi connectivity index (χ2v) is 4.72. The maximum Gasteiger partial charge on any atom is 0.0302 e. The van der Waals surface area contributed by atoms with E-state index in [-0.39, 0.29) is 0 Å². The minimum atomic E-state index is 0.791. The van der Waals surface area contributed by atoms with Gasteiger partial charge in [0.2, 0.25) is 0 Å². The van der Waals surface area contributed by atoms with E-state index >= 15 is 0 Å². The van der Waals surface area contributed by atoms with Crippen LogP contribution in [0.4, 0.5) is 0 Å². The molecule has 0 aromatic carbocycles. The molecule has 0 saturated heterocycles. The molecule has 0 spiro atoms. The first kappa shape index (κ1) is 8.27. The van der Waals surface area contributed by atoms with Gasteiger partial charge in [-0.25, -0.2) is 0 Å². The summed E-state index contributed by atoms with van der Waals surface area (Å²) < 4.78 is 0. The van der Waals surface area contributed by atoms with Gasteiger partial charge < -0.3 is 5.32 Å². The van der Waals surface area contributed by atoms with Crippen molar-refractivity contribution in [1.29, 1.82) is 0 Å². The SMILES string of the molecule is Cc1csc2c1CC(C)CNC2. The van der Waals surface area contributed by atoms with E-state index in [1.807, 2.05) is 11.3 Å². The molecule has 2 heteroatoms. The third kappa shape index (κ3) is 1.41. The van der Waals surface area contributed by atoms with Crippen molar-refractivity contribution in [3.63, 3.8) is 0 Å². The van der Waals surface area contributed by atoms with Crippen molar-refractivity contribution in [3.05, 3.63) is 21.4 Å². The zero-order chi connectivity index (χ0) is 8.55. The van der Waals surface area contributed by atoms with Crippen molar-refractivity contribution >= 4 is 11.3 Å². The summed E-state index contributed by atoms with van der Waals surface area (Å²) in [5.41, 5.74) is 3.10. The van der Waals surface area contributed by atoms with Gasteiger partial charge in [-0.3, -0.25) is 0 Å². The molecule has 1 aliphatic rings. The number of aryl methyl sites for hydroxylation is 1. The first-order valence-corrected chi connectivity index (χ1v) is 5.42. The van der Waals surface area contributed by atoms with Crippen LogP contribution in [0.15, 0.2) is 5.38 Å². The van der Waals surface area contributed by atoms with Crippen molar-refractivity contribution < 1.29 is 0 Å². The molecule has 2 heterocycles. The lowest BCUT2D eigenvalue weighted by Crippen LogP contribution is -2.17. The summed E-state index contributed by atoms with van der Waals surface area (Å²) in [6, 6.07) is 0. The molecule has 0 aliphatic carbocycles. The van der Waals surface area contributed by atoms with E-state index in [1.54, 1.807) is 10.4 Å². The van der Waals surface area contributed by atoms with E-state index in [0.717, 1.165) is 12.5 Å². The molecular formula is C10H15NS. The molecule has 1 N–H and O–H groups in total.